The summed E-state index contributed by atoms with van der Waals surface area (Å²) in [4.78, 5) is 39.5. The van der Waals surface area contributed by atoms with Crippen LogP contribution in [0.15, 0.2) is 28.1 Å². The quantitative estimate of drug-likeness (QED) is 0.593. The number of ether oxygens (including phenoxy) is 1. The first-order valence-electron chi connectivity index (χ1n) is 8.02. The Balaban J connectivity index is 1.78. The number of halogens is 2. The number of amides is 2. The zero-order chi connectivity index (χ0) is 19.8. The Morgan fingerprint density at radius 1 is 1.33 bits per heavy atom. The third-order valence-electron chi connectivity index (χ3n) is 3.24. The van der Waals surface area contributed by atoms with Gasteiger partial charge in [-0.2, -0.15) is 0 Å². The van der Waals surface area contributed by atoms with E-state index in [-0.39, 0.29) is 36.8 Å². The summed E-state index contributed by atoms with van der Waals surface area (Å²) in [6, 6.07) is 3.78. The van der Waals surface area contributed by atoms with E-state index in [9.17, 15) is 18.8 Å². The molecule has 2 rings (SSSR count). The Morgan fingerprint density at radius 3 is 2.85 bits per heavy atom. The number of aromatic nitrogens is 1. The van der Waals surface area contributed by atoms with Crippen LogP contribution in [0.5, 0.6) is 0 Å². The van der Waals surface area contributed by atoms with Crippen LogP contribution in [0.25, 0.3) is 0 Å². The van der Waals surface area contributed by atoms with E-state index >= 15 is 0 Å². The molecule has 0 aliphatic rings. The fourth-order valence-corrected chi connectivity index (χ4v) is 3.20. The fourth-order valence-electron chi connectivity index (χ4n) is 2.04. The summed E-state index contributed by atoms with van der Waals surface area (Å²) in [5, 5.41) is 7.17. The van der Waals surface area contributed by atoms with Gasteiger partial charge in [-0.25, -0.2) is 9.37 Å². The Kier molecular flexibility index (Phi) is 7.86. The molecule has 2 aromatic rings. The minimum Gasteiger partial charge on any atom is -0.466 e. The van der Waals surface area contributed by atoms with E-state index in [1.54, 1.807) is 12.3 Å². The van der Waals surface area contributed by atoms with Crippen molar-refractivity contribution in [2.75, 3.05) is 18.5 Å². The molecule has 0 unspecified atom stereocenters. The molecule has 0 atom stereocenters. The molecular formula is C17H17BrFN3O4S. The standard InChI is InChI=1S/C17H17BrFN3O4S/c1-2-26-15(24)8-11-9-27-17(21-11)22-14(23)5-6-20-16(25)12-7-10(19)3-4-13(12)18/h3-4,7,9H,2,5-6,8H2,1H3,(H,20,25)(H,21,22,23). The molecule has 0 aliphatic heterocycles. The molecule has 10 heteroatoms. The predicted molar refractivity (Wildman–Crippen MR) is 102 cm³/mol. The summed E-state index contributed by atoms with van der Waals surface area (Å²) in [6.45, 7) is 2.09. The minimum absolute atomic E-state index is 0.0193. The van der Waals surface area contributed by atoms with Gasteiger partial charge in [-0.1, -0.05) is 0 Å². The number of hydrogen-bond donors (Lipinski definition) is 2. The Labute approximate surface area is 167 Å². The van der Waals surface area contributed by atoms with Crippen LogP contribution in [0.2, 0.25) is 0 Å². The molecule has 7 nitrogen and oxygen atoms in total. The maximum atomic E-state index is 13.2. The Hall–Kier alpha value is -2.33. The highest BCUT2D eigenvalue weighted by Gasteiger charge is 2.13. The number of carbonyl (C=O) groups excluding carboxylic acids is 3. The molecule has 2 amide bonds. The molecule has 27 heavy (non-hydrogen) atoms. The third-order valence-corrected chi connectivity index (χ3v) is 4.74. The highest BCUT2D eigenvalue weighted by molar-refractivity contribution is 9.10. The van der Waals surface area contributed by atoms with E-state index in [1.165, 1.54) is 23.5 Å². The first kappa shape index (κ1) is 21.0. The lowest BCUT2D eigenvalue weighted by Crippen LogP contribution is -2.28. The van der Waals surface area contributed by atoms with Crippen LogP contribution in [0.4, 0.5) is 9.52 Å². The second-order valence-corrected chi connectivity index (χ2v) is 7.02. The molecule has 1 heterocycles. The number of rotatable bonds is 8. The number of nitrogens with zero attached hydrogens (tertiary/aromatic N) is 1. The number of benzene rings is 1. The van der Waals surface area contributed by atoms with Crippen LogP contribution < -0.4 is 10.6 Å². The van der Waals surface area contributed by atoms with Gasteiger partial charge in [0.2, 0.25) is 5.91 Å². The normalized spacial score (nSPS) is 10.3. The number of thiazole rings is 1. The second-order valence-electron chi connectivity index (χ2n) is 5.30. The zero-order valence-electron chi connectivity index (χ0n) is 14.4. The van der Waals surface area contributed by atoms with Crippen molar-refractivity contribution in [1.29, 1.82) is 0 Å². The summed E-state index contributed by atoms with van der Waals surface area (Å²) in [5.41, 5.74) is 0.664. The molecule has 0 saturated carbocycles. The molecule has 0 radical (unpaired) electrons. The van der Waals surface area contributed by atoms with Crippen LogP contribution in [0.3, 0.4) is 0 Å². The van der Waals surface area contributed by atoms with Gasteiger partial charge >= 0.3 is 5.97 Å². The molecule has 0 bridgehead atoms. The largest absolute Gasteiger partial charge is 0.466 e. The monoisotopic (exact) mass is 457 g/mol. The van der Waals surface area contributed by atoms with Crippen LogP contribution in [0.1, 0.15) is 29.4 Å². The van der Waals surface area contributed by atoms with Gasteiger partial charge in [0.1, 0.15) is 5.82 Å². The second kappa shape index (κ2) is 10.1. The lowest BCUT2D eigenvalue weighted by Gasteiger charge is -2.07. The zero-order valence-corrected chi connectivity index (χ0v) is 16.8. The van der Waals surface area contributed by atoms with E-state index < -0.39 is 11.7 Å². The van der Waals surface area contributed by atoms with Crippen molar-refractivity contribution in [2.45, 2.75) is 19.8 Å². The highest BCUT2D eigenvalue weighted by atomic mass is 79.9. The smallest absolute Gasteiger partial charge is 0.311 e. The van der Waals surface area contributed by atoms with Crippen molar-refractivity contribution in [2.24, 2.45) is 0 Å². The molecular weight excluding hydrogens is 441 g/mol. The molecule has 1 aromatic heterocycles. The van der Waals surface area contributed by atoms with Crippen molar-refractivity contribution in [3.05, 3.63) is 45.1 Å². The maximum absolute atomic E-state index is 13.2. The highest BCUT2D eigenvalue weighted by Crippen LogP contribution is 2.18. The number of anilines is 1. The number of carbonyl (C=O) groups is 3. The predicted octanol–water partition coefficient (Wildman–Crippen LogP) is 2.91. The summed E-state index contributed by atoms with van der Waals surface area (Å²) in [6.07, 6.45) is 0.0598. The molecule has 2 N–H and O–H groups in total. The summed E-state index contributed by atoms with van der Waals surface area (Å²) >= 11 is 4.37. The van der Waals surface area contributed by atoms with E-state index in [0.717, 1.165) is 6.07 Å². The van der Waals surface area contributed by atoms with Gasteiger partial charge < -0.3 is 15.4 Å². The van der Waals surface area contributed by atoms with Crippen molar-refractivity contribution in [1.82, 2.24) is 10.3 Å². The molecule has 1 aromatic carbocycles. The van der Waals surface area contributed by atoms with Gasteiger partial charge in [0, 0.05) is 22.8 Å². The number of nitrogens with one attached hydrogen (secondary N) is 2. The number of esters is 1. The maximum Gasteiger partial charge on any atom is 0.311 e. The van der Waals surface area contributed by atoms with Crippen molar-refractivity contribution >= 4 is 50.2 Å². The van der Waals surface area contributed by atoms with Crippen molar-refractivity contribution < 1.29 is 23.5 Å². The van der Waals surface area contributed by atoms with Crippen LogP contribution in [0, 0.1) is 5.82 Å². The van der Waals surface area contributed by atoms with E-state index in [1.807, 2.05) is 0 Å². The summed E-state index contributed by atoms with van der Waals surface area (Å²) < 4.78 is 18.5. The van der Waals surface area contributed by atoms with Gasteiger partial charge in [-0.15, -0.1) is 11.3 Å². The lowest BCUT2D eigenvalue weighted by molar-refractivity contribution is -0.142. The first-order chi connectivity index (χ1) is 12.9. The lowest BCUT2D eigenvalue weighted by atomic mass is 10.2. The van der Waals surface area contributed by atoms with E-state index in [2.05, 4.69) is 31.5 Å². The van der Waals surface area contributed by atoms with Gasteiger partial charge in [0.15, 0.2) is 5.13 Å². The van der Waals surface area contributed by atoms with Crippen LogP contribution in [-0.4, -0.2) is 35.9 Å². The Bertz CT molecular complexity index is 843. The van der Waals surface area contributed by atoms with Gasteiger partial charge in [0.05, 0.1) is 24.3 Å². The van der Waals surface area contributed by atoms with E-state index in [0.29, 0.717) is 21.9 Å². The minimum atomic E-state index is -0.525. The van der Waals surface area contributed by atoms with Gasteiger partial charge in [-0.3, -0.25) is 14.4 Å². The van der Waals surface area contributed by atoms with Crippen molar-refractivity contribution in [3.8, 4) is 0 Å². The van der Waals surface area contributed by atoms with Gasteiger partial charge in [-0.05, 0) is 41.1 Å². The average molecular weight is 458 g/mol. The fraction of sp³-hybridized carbons (Fsp3) is 0.294. The summed E-state index contributed by atoms with van der Waals surface area (Å²) in [7, 11) is 0. The SMILES string of the molecule is CCOC(=O)Cc1csc(NC(=O)CCNC(=O)c2cc(F)ccc2Br)n1. The summed E-state index contributed by atoms with van der Waals surface area (Å²) in [5.74, 6) is -1.74. The van der Waals surface area contributed by atoms with Crippen LogP contribution >= 0.6 is 27.3 Å². The molecule has 0 saturated heterocycles. The van der Waals surface area contributed by atoms with Crippen LogP contribution in [-0.2, 0) is 20.7 Å². The van der Waals surface area contributed by atoms with Gasteiger partial charge in [0.25, 0.3) is 5.91 Å². The third kappa shape index (κ3) is 6.72. The first-order valence-corrected chi connectivity index (χ1v) is 9.69. The number of hydrogen-bond acceptors (Lipinski definition) is 6. The Morgan fingerprint density at radius 2 is 2.11 bits per heavy atom. The van der Waals surface area contributed by atoms with Crippen molar-refractivity contribution in [3.63, 3.8) is 0 Å². The molecule has 0 fully saturated rings. The molecule has 0 aliphatic carbocycles. The molecule has 144 valence electrons. The topological polar surface area (TPSA) is 97.4 Å². The average Bonchev–Trinajstić information content (AvgIpc) is 3.03. The molecule has 0 spiro atoms. The van der Waals surface area contributed by atoms with E-state index in [4.69, 9.17) is 4.74 Å².